The van der Waals surface area contributed by atoms with Crippen molar-refractivity contribution in [2.45, 2.75) is 19.3 Å². The third-order valence-electron chi connectivity index (χ3n) is 6.58. The highest BCUT2D eigenvalue weighted by Gasteiger charge is 2.37. The van der Waals surface area contributed by atoms with E-state index in [9.17, 15) is 14.4 Å². The second kappa shape index (κ2) is 13.3. The number of benzene rings is 1. The topological polar surface area (TPSA) is 101 Å². The van der Waals surface area contributed by atoms with Gasteiger partial charge in [-0.15, -0.1) is 0 Å². The minimum Gasteiger partial charge on any atom is -0.493 e. The molecule has 35 heavy (non-hydrogen) atoms. The number of rotatable bonds is 12. The zero-order valence-corrected chi connectivity index (χ0v) is 21.1. The number of carbonyl (C=O) groups excluding carboxylic acids is 3. The molecule has 0 bridgehead atoms. The molecule has 3 rings (SSSR count). The van der Waals surface area contributed by atoms with Gasteiger partial charge in [0.15, 0.2) is 11.5 Å². The molecule has 0 saturated carbocycles. The number of ether oxygens (including phenoxy) is 3. The third-order valence-corrected chi connectivity index (χ3v) is 6.58. The average Bonchev–Trinajstić information content (AvgIpc) is 3.25. The molecule has 0 spiro atoms. The second-order valence-corrected chi connectivity index (χ2v) is 8.98. The van der Waals surface area contributed by atoms with E-state index in [2.05, 4.69) is 10.2 Å². The summed E-state index contributed by atoms with van der Waals surface area (Å²) in [5.41, 5.74) is 1.05. The fourth-order valence-corrected chi connectivity index (χ4v) is 4.54. The summed E-state index contributed by atoms with van der Waals surface area (Å²) in [6.45, 7) is 5.03. The van der Waals surface area contributed by atoms with E-state index in [1.54, 1.807) is 26.2 Å². The predicted octanol–water partition coefficient (Wildman–Crippen LogP) is 0.392. The van der Waals surface area contributed by atoms with Gasteiger partial charge in [-0.1, -0.05) is 6.07 Å². The number of nitrogens with zero attached hydrogens (tertiary/aromatic N) is 3. The molecular formula is C25H38N4O6. The summed E-state index contributed by atoms with van der Waals surface area (Å²) in [5, 5.41) is 2.89. The van der Waals surface area contributed by atoms with Gasteiger partial charge in [-0.05, 0) is 30.5 Å². The van der Waals surface area contributed by atoms with Gasteiger partial charge in [0.05, 0.1) is 26.7 Å². The van der Waals surface area contributed by atoms with Crippen LogP contribution in [-0.2, 0) is 25.5 Å². The molecule has 2 heterocycles. The zero-order chi connectivity index (χ0) is 25.2. The highest BCUT2D eigenvalue weighted by Crippen LogP contribution is 2.28. The minimum atomic E-state index is -0.302. The number of hydrogen-bond acceptors (Lipinski definition) is 7. The van der Waals surface area contributed by atoms with E-state index in [4.69, 9.17) is 14.2 Å². The van der Waals surface area contributed by atoms with Gasteiger partial charge >= 0.3 is 0 Å². The lowest BCUT2D eigenvalue weighted by molar-refractivity contribution is -0.137. The fourth-order valence-electron chi connectivity index (χ4n) is 4.54. The molecule has 10 heteroatoms. The van der Waals surface area contributed by atoms with Crippen LogP contribution in [0.3, 0.4) is 0 Å². The van der Waals surface area contributed by atoms with Gasteiger partial charge in [0.2, 0.25) is 17.7 Å². The van der Waals surface area contributed by atoms with Crippen molar-refractivity contribution in [3.05, 3.63) is 23.8 Å². The van der Waals surface area contributed by atoms with Crippen molar-refractivity contribution in [3.8, 4) is 11.5 Å². The Kier molecular flexibility index (Phi) is 10.2. The van der Waals surface area contributed by atoms with Gasteiger partial charge in [-0.25, -0.2) is 0 Å². The molecule has 0 aromatic heterocycles. The Morgan fingerprint density at radius 2 is 1.80 bits per heavy atom. The second-order valence-electron chi connectivity index (χ2n) is 8.98. The van der Waals surface area contributed by atoms with Crippen LogP contribution in [0.25, 0.3) is 0 Å². The van der Waals surface area contributed by atoms with E-state index >= 15 is 0 Å². The van der Waals surface area contributed by atoms with Gasteiger partial charge < -0.3 is 29.3 Å². The number of carbonyl (C=O) groups is 3. The first-order valence-electron chi connectivity index (χ1n) is 12.2. The van der Waals surface area contributed by atoms with Gasteiger partial charge in [0.25, 0.3) is 0 Å². The van der Waals surface area contributed by atoms with E-state index in [0.717, 1.165) is 12.0 Å². The van der Waals surface area contributed by atoms with Crippen LogP contribution in [0.4, 0.5) is 0 Å². The fraction of sp³-hybridized carbons (Fsp3) is 0.640. The van der Waals surface area contributed by atoms with Crippen LogP contribution in [0.1, 0.15) is 18.4 Å². The van der Waals surface area contributed by atoms with Crippen LogP contribution in [-0.4, -0.2) is 113 Å². The lowest BCUT2D eigenvalue weighted by Gasteiger charge is -2.35. The van der Waals surface area contributed by atoms with Crippen LogP contribution in [0.15, 0.2) is 18.2 Å². The Morgan fingerprint density at radius 3 is 2.49 bits per heavy atom. The number of nitrogens with one attached hydrogen (secondary N) is 1. The molecule has 0 radical (unpaired) electrons. The van der Waals surface area contributed by atoms with E-state index < -0.39 is 0 Å². The quantitative estimate of drug-likeness (QED) is 0.423. The van der Waals surface area contributed by atoms with Crippen molar-refractivity contribution in [2.75, 3.05) is 80.3 Å². The Bertz CT molecular complexity index is 872. The molecule has 1 aromatic rings. The van der Waals surface area contributed by atoms with Crippen molar-refractivity contribution < 1.29 is 28.6 Å². The maximum Gasteiger partial charge on any atom is 0.234 e. The third kappa shape index (κ3) is 7.57. The first kappa shape index (κ1) is 26.7. The minimum absolute atomic E-state index is 0.00705. The number of amides is 3. The Labute approximate surface area is 207 Å². The molecule has 1 N–H and O–H groups in total. The first-order valence-corrected chi connectivity index (χ1v) is 12.2. The highest BCUT2D eigenvalue weighted by atomic mass is 16.5. The van der Waals surface area contributed by atoms with E-state index in [1.165, 1.54) is 0 Å². The molecule has 2 aliphatic heterocycles. The SMILES string of the molecule is COCCCNC(=O)CN1CCN(C(=O)C2CC(=O)N(CCc3ccc(OC)c(OC)c3)C2)CC1. The lowest BCUT2D eigenvalue weighted by atomic mass is 10.1. The molecule has 2 saturated heterocycles. The Morgan fingerprint density at radius 1 is 1.06 bits per heavy atom. The molecule has 2 fully saturated rings. The molecule has 0 aliphatic carbocycles. The summed E-state index contributed by atoms with van der Waals surface area (Å²) in [4.78, 5) is 43.4. The smallest absolute Gasteiger partial charge is 0.234 e. The maximum atomic E-state index is 13.1. The van der Waals surface area contributed by atoms with Crippen molar-refractivity contribution in [3.63, 3.8) is 0 Å². The molecule has 1 aromatic carbocycles. The van der Waals surface area contributed by atoms with E-state index in [1.807, 2.05) is 23.1 Å². The van der Waals surface area contributed by atoms with Crippen LogP contribution in [0, 0.1) is 5.92 Å². The maximum absolute atomic E-state index is 13.1. The first-order chi connectivity index (χ1) is 16.9. The molecule has 10 nitrogen and oxygen atoms in total. The van der Waals surface area contributed by atoms with Crippen LogP contribution in [0.2, 0.25) is 0 Å². The summed E-state index contributed by atoms with van der Waals surface area (Å²) < 4.78 is 15.6. The van der Waals surface area contributed by atoms with Crippen molar-refractivity contribution >= 4 is 17.7 Å². The molecule has 194 valence electrons. The Balaban J connectivity index is 1.41. The molecule has 2 aliphatic rings. The van der Waals surface area contributed by atoms with Gasteiger partial charge in [0, 0.05) is 66.0 Å². The lowest BCUT2D eigenvalue weighted by Crippen LogP contribution is -2.52. The van der Waals surface area contributed by atoms with E-state index in [-0.39, 0.29) is 30.1 Å². The van der Waals surface area contributed by atoms with Crippen LogP contribution >= 0.6 is 0 Å². The van der Waals surface area contributed by atoms with Gasteiger partial charge in [0.1, 0.15) is 0 Å². The summed E-state index contributed by atoms with van der Waals surface area (Å²) in [7, 11) is 4.84. The number of likely N-dealkylation sites (tertiary alicyclic amines) is 1. The summed E-state index contributed by atoms with van der Waals surface area (Å²) in [6.07, 6.45) is 1.73. The largest absolute Gasteiger partial charge is 0.493 e. The molecule has 3 amide bonds. The number of piperazine rings is 1. The van der Waals surface area contributed by atoms with Gasteiger partial charge in [-0.3, -0.25) is 19.3 Å². The standard InChI is InChI=1S/C25H38N4O6/c1-33-14-4-8-26-23(30)18-27-10-12-28(13-11-27)25(32)20-16-24(31)29(17-20)9-7-19-5-6-21(34-2)22(15-19)35-3/h5-6,15,20H,4,7-14,16-18H2,1-3H3,(H,26,30). The van der Waals surface area contributed by atoms with Crippen molar-refractivity contribution in [1.29, 1.82) is 0 Å². The molecular weight excluding hydrogens is 452 g/mol. The summed E-state index contributed by atoms with van der Waals surface area (Å²) in [6, 6.07) is 5.74. The van der Waals surface area contributed by atoms with Gasteiger partial charge in [-0.2, -0.15) is 0 Å². The molecule has 1 unspecified atom stereocenters. The highest BCUT2D eigenvalue weighted by molar-refractivity contribution is 5.89. The summed E-state index contributed by atoms with van der Waals surface area (Å²) >= 11 is 0. The normalized spacial score (nSPS) is 18.6. The number of methoxy groups -OCH3 is 3. The Hall–Kier alpha value is -2.85. The van der Waals surface area contributed by atoms with Crippen molar-refractivity contribution in [2.24, 2.45) is 5.92 Å². The predicted molar refractivity (Wildman–Crippen MR) is 130 cm³/mol. The van der Waals surface area contributed by atoms with Crippen molar-refractivity contribution in [1.82, 2.24) is 20.0 Å². The number of hydrogen-bond donors (Lipinski definition) is 1. The molecule has 1 atom stereocenters. The summed E-state index contributed by atoms with van der Waals surface area (Å²) in [5.74, 6) is 1.08. The van der Waals surface area contributed by atoms with Crippen LogP contribution < -0.4 is 14.8 Å². The van der Waals surface area contributed by atoms with E-state index in [0.29, 0.717) is 76.9 Å². The average molecular weight is 491 g/mol. The van der Waals surface area contributed by atoms with Crippen LogP contribution in [0.5, 0.6) is 11.5 Å². The zero-order valence-electron chi connectivity index (χ0n) is 21.1. The monoisotopic (exact) mass is 490 g/mol.